The average Bonchev–Trinajstić information content (AvgIpc) is 3.21. The fourth-order valence-corrected chi connectivity index (χ4v) is 7.07. The quantitative estimate of drug-likeness (QED) is 0.612. The highest BCUT2D eigenvalue weighted by Crippen LogP contribution is 2.64. The van der Waals surface area contributed by atoms with Crippen LogP contribution in [0.15, 0.2) is 48.6 Å². The molecule has 1 fully saturated rings. The predicted molar refractivity (Wildman–Crippen MR) is 129 cm³/mol. The van der Waals surface area contributed by atoms with Gasteiger partial charge in [0.1, 0.15) is 11.7 Å². The third-order valence-corrected chi connectivity index (χ3v) is 9.03. The number of carbonyl (C=O) groups is 1. The van der Waals surface area contributed by atoms with Crippen molar-refractivity contribution in [2.24, 2.45) is 0 Å². The molecule has 2 heterocycles. The molecule has 1 saturated heterocycles. The summed E-state index contributed by atoms with van der Waals surface area (Å²) in [4.78, 5) is 17.0. The van der Waals surface area contributed by atoms with E-state index in [9.17, 15) is 28.2 Å². The van der Waals surface area contributed by atoms with Crippen molar-refractivity contribution in [1.82, 2.24) is 9.80 Å². The van der Waals surface area contributed by atoms with Crippen LogP contribution >= 0.6 is 0 Å². The van der Waals surface area contributed by atoms with Crippen LogP contribution in [0.2, 0.25) is 0 Å². The minimum absolute atomic E-state index is 0.0253. The molecule has 6 nitrogen and oxygen atoms in total. The topological polar surface area (TPSA) is 73.2 Å². The lowest BCUT2D eigenvalue weighted by Crippen LogP contribution is -2.76. The Labute approximate surface area is 212 Å². The zero-order valence-corrected chi connectivity index (χ0v) is 20.6. The van der Waals surface area contributed by atoms with Gasteiger partial charge < -0.3 is 19.8 Å². The fourth-order valence-electron chi connectivity index (χ4n) is 7.07. The molecule has 2 aromatic rings. The van der Waals surface area contributed by atoms with E-state index in [1.165, 1.54) is 12.1 Å². The van der Waals surface area contributed by atoms with Gasteiger partial charge in [-0.15, -0.1) is 0 Å². The Morgan fingerprint density at radius 2 is 1.95 bits per heavy atom. The lowest BCUT2D eigenvalue weighted by Gasteiger charge is -2.62. The number of carbonyl (C=O) groups excluding carboxylic acids is 1. The number of alkyl halides is 3. The average molecular weight is 515 g/mol. The molecule has 2 aromatic carbocycles. The van der Waals surface area contributed by atoms with Gasteiger partial charge in [0, 0.05) is 25.1 Å². The van der Waals surface area contributed by atoms with Crippen LogP contribution in [0.25, 0.3) is 0 Å². The van der Waals surface area contributed by atoms with Gasteiger partial charge in [0.15, 0.2) is 11.5 Å². The van der Waals surface area contributed by atoms with E-state index in [0.29, 0.717) is 30.6 Å². The van der Waals surface area contributed by atoms with Gasteiger partial charge in [-0.2, -0.15) is 13.2 Å². The summed E-state index contributed by atoms with van der Waals surface area (Å²) >= 11 is 0. The van der Waals surface area contributed by atoms with Crippen molar-refractivity contribution >= 4 is 5.91 Å². The first-order chi connectivity index (χ1) is 17.5. The summed E-state index contributed by atoms with van der Waals surface area (Å²) in [5.41, 5.74) is -0.189. The van der Waals surface area contributed by atoms with Crippen LogP contribution in [-0.4, -0.2) is 70.3 Å². The third kappa shape index (κ3) is 3.29. The maximum absolute atomic E-state index is 13.3. The number of likely N-dealkylation sites (tertiary alicyclic amines) is 1. The number of ether oxygens (including phenoxy) is 1. The molecule has 1 amide bonds. The number of amides is 1. The van der Waals surface area contributed by atoms with Crippen molar-refractivity contribution in [3.05, 3.63) is 70.8 Å². The van der Waals surface area contributed by atoms with E-state index >= 15 is 0 Å². The van der Waals surface area contributed by atoms with Crippen LogP contribution in [0.5, 0.6) is 11.5 Å². The number of halogens is 3. The number of piperidine rings is 1. The van der Waals surface area contributed by atoms with Crippen LogP contribution in [0.3, 0.4) is 0 Å². The van der Waals surface area contributed by atoms with Crippen molar-refractivity contribution in [3.8, 4) is 11.5 Å². The maximum atomic E-state index is 13.3. The number of aliphatic hydroxyl groups is 1. The van der Waals surface area contributed by atoms with Crippen molar-refractivity contribution in [1.29, 1.82) is 0 Å². The van der Waals surface area contributed by atoms with Gasteiger partial charge in [-0.3, -0.25) is 9.69 Å². The number of rotatable bonds is 4. The van der Waals surface area contributed by atoms with E-state index in [1.807, 2.05) is 25.3 Å². The van der Waals surface area contributed by atoms with Crippen LogP contribution in [0.1, 0.15) is 35.1 Å². The summed E-state index contributed by atoms with van der Waals surface area (Å²) in [7, 11) is 3.69. The second kappa shape index (κ2) is 7.98. The maximum Gasteiger partial charge on any atom is 0.416 e. The molecule has 0 saturated carbocycles. The second-order valence-electron chi connectivity index (χ2n) is 10.8. The zero-order valence-electron chi connectivity index (χ0n) is 20.6. The Hall–Kier alpha value is -3.04. The van der Waals surface area contributed by atoms with Gasteiger partial charge in [-0.1, -0.05) is 30.4 Å². The van der Waals surface area contributed by atoms with E-state index in [0.717, 1.165) is 29.8 Å². The van der Waals surface area contributed by atoms with Crippen LogP contribution in [0, 0.1) is 0 Å². The molecule has 2 bridgehead atoms. The standard InChI is InChI=1S/C28H29F3N2O4/c1-32-14-13-26-23-17-6-9-20(34)24(23)37-25(26)19(11-12-27(26,36)21(32)15-17)33(2)22(35)10-5-16-3-7-18(8-4-16)28(29,30)31/h3-4,6-9,11-12,19,21,25,34,36H,5,10,13-15H2,1-2H3/t19?,21-,25?,26+,27-/m1/s1. The number of hydrogen-bond donors (Lipinski definition) is 2. The molecule has 2 unspecified atom stereocenters. The van der Waals surface area contributed by atoms with Gasteiger partial charge in [-0.25, -0.2) is 0 Å². The number of likely N-dealkylation sites (N-methyl/N-ethyl adjacent to an activating group) is 2. The molecule has 0 radical (unpaired) electrons. The molecule has 2 N–H and O–H groups in total. The molecule has 196 valence electrons. The lowest BCUT2D eigenvalue weighted by molar-refractivity contribution is -0.152. The normalized spacial score (nSPS) is 31.6. The summed E-state index contributed by atoms with van der Waals surface area (Å²) < 4.78 is 45.0. The number of phenolic OH excluding ortho intramolecular Hbond substituents is 1. The van der Waals surface area contributed by atoms with Crippen molar-refractivity contribution in [3.63, 3.8) is 0 Å². The summed E-state index contributed by atoms with van der Waals surface area (Å²) in [5, 5.41) is 22.8. The summed E-state index contributed by atoms with van der Waals surface area (Å²) in [6.07, 6.45) is 0.326. The number of nitrogens with zero attached hydrogens (tertiary/aromatic N) is 2. The molecular weight excluding hydrogens is 485 g/mol. The smallest absolute Gasteiger partial charge is 0.416 e. The number of aromatic hydroxyl groups is 1. The Balaban J connectivity index is 1.29. The van der Waals surface area contributed by atoms with Gasteiger partial charge >= 0.3 is 6.18 Å². The van der Waals surface area contributed by atoms with E-state index < -0.39 is 34.9 Å². The van der Waals surface area contributed by atoms with E-state index in [4.69, 9.17) is 4.74 Å². The van der Waals surface area contributed by atoms with Crippen LogP contribution < -0.4 is 4.74 Å². The van der Waals surface area contributed by atoms with Crippen molar-refractivity contribution in [2.45, 2.75) is 61.1 Å². The molecule has 2 aliphatic heterocycles. The molecule has 0 aromatic heterocycles. The highest BCUT2D eigenvalue weighted by molar-refractivity contribution is 5.77. The van der Waals surface area contributed by atoms with E-state index in [1.54, 1.807) is 18.0 Å². The minimum Gasteiger partial charge on any atom is -0.504 e. The zero-order chi connectivity index (χ0) is 26.3. The first-order valence-electron chi connectivity index (χ1n) is 12.5. The molecule has 5 atom stereocenters. The molecule has 37 heavy (non-hydrogen) atoms. The first kappa shape index (κ1) is 24.3. The SMILES string of the molecule is CN(C(=O)CCc1ccc(C(F)(F)F)cc1)C1C=C[C@@]2(O)[C@H]3Cc4ccc(O)c5c4[C@@]2(CCN3C)C1O5. The number of phenols is 1. The number of aryl methyl sites for hydroxylation is 1. The lowest BCUT2D eigenvalue weighted by atomic mass is 9.50. The second-order valence-corrected chi connectivity index (χ2v) is 10.8. The van der Waals surface area contributed by atoms with Gasteiger partial charge in [0.2, 0.25) is 5.91 Å². The van der Waals surface area contributed by atoms with E-state index in [-0.39, 0.29) is 24.1 Å². The number of hydrogen-bond acceptors (Lipinski definition) is 5. The Kier molecular flexibility index (Phi) is 5.24. The molecule has 9 heteroatoms. The molecule has 6 rings (SSSR count). The fraction of sp³-hybridized carbons (Fsp3) is 0.464. The molecular formula is C28H29F3N2O4. The molecule has 4 aliphatic rings. The summed E-state index contributed by atoms with van der Waals surface area (Å²) in [6.45, 7) is 0.744. The van der Waals surface area contributed by atoms with Crippen molar-refractivity contribution in [2.75, 3.05) is 20.6 Å². The Bertz CT molecular complexity index is 1290. The van der Waals surface area contributed by atoms with Gasteiger partial charge in [0.05, 0.1) is 17.0 Å². The highest BCUT2D eigenvalue weighted by atomic mass is 19.4. The molecule has 2 aliphatic carbocycles. The highest BCUT2D eigenvalue weighted by Gasteiger charge is 2.71. The summed E-state index contributed by atoms with van der Waals surface area (Å²) in [6, 6.07) is 7.75. The summed E-state index contributed by atoms with van der Waals surface area (Å²) in [5.74, 6) is 0.237. The van der Waals surface area contributed by atoms with Crippen LogP contribution in [0.4, 0.5) is 13.2 Å². The van der Waals surface area contributed by atoms with Crippen molar-refractivity contribution < 1.29 is 32.9 Å². The minimum atomic E-state index is -4.40. The first-order valence-corrected chi connectivity index (χ1v) is 12.5. The number of benzene rings is 2. The van der Waals surface area contributed by atoms with Gasteiger partial charge in [0.25, 0.3) is 0 Å². The Morgan fingerprint density at radius 1 is 1.22 bits per heavy atom. The Morgan fingerprint density at radius 3 is 2.65 bits per heavy atom. The third-order valence-electron chi connectivity index (χ3n) is 9.03. The largest absolute Gasteiger partial charge is 0.504 e. The predicted octanol–water partition coefficient (Wildman–Crippen LogP) is 3.43. The van der Waals surface area contributed by atoms with Gasteiger partial charge in [-0.05, 0) is 62.2 Å². The van der Waals surface area contributed by atoms with Crippen LogP contribution in [-0.2, 0) is 29.2 Å². The van der Waals surface area contributed by atoms with E-state index in [2.05, 4.69) is 4.90 Å². The molecule has 1 spiro atoms. The monoisotopic (exact) mass is 514 g/mol.